The number of hydrogen-bond acceptors (Lipinski definition) is 6. The molecule has 3 atom stereocenters. The first-order valence-electron chi connectivity index (χ1n) is 10.8. The van der Waals surface area contributed by atoms with Crippen LogP contribution in [-0.2, 0) is 15.7 Å². The van der Waals surface area contributed by atoms with Gasteiger partial charge in [0.25, 0.3) is 0 Å². The SMILES string of the molecule is COC[C@@H]1C[C@H](N(C)C(C)C)CC[C@@H]1NC(=O)CNc1noc2ccc(C(F)(F)F)cc12. The number of carbonyl (C=O) groups is 1. The zero-order valence-electron chi connectivity index (χ0n) is 18.8. The summed E-state index contributed by atoms with van der Waals surface area (Å²) in [5.41, 5.74) is -0.583. The second kappa shape index (κ2) is 10.1. The molecule has 1 aromatic heterocycles. The largest absolute Gasteiger partial charge is 0.416 e. The maximum atomic E-state index is 13.0. The molecular weight excluding hydrogens is 425 g/mol. The predicted molar refractivity (Wildman–Crippen MR) is 115 cm³/mol. The number of hydrogen-bond donors (Lipinski definition) is 2. The van der Waals surface area contributed by atoms with E-state index in [1.165, 1.54) is 6.07 Å². The van der Waals surface area contributed by atoms with Gasteiger partial charge in [-0.2, -0.15) is 13.2 Å². The summed E-state index contributed by atoms with van der Waals surface area (Å²) in [6, 6.07) is 3.98. The summed E-state index contributed by atoms with van der Waals surface area (Å²) >= 11 is 0. The summed E-state index contributed by atoms with van der Waals surface area (Å²) in [4.78, 5) is 14.9. The summed E-state index contributed by atoms with van der Waals surface area (Å²) in [6.45, 7) is 4.75. The third kappa shape index (κ3) is 5.72. The highest BCUT2D eigenvalue weighted by Gasteiger charge is 2.34. The van der Waals surface area contributed by atoms with Crippen molar-refractivity contribution in [1.82, 2.24) is 15.4 Å². The van der Waals surface area contributed by atoms with Crippen molar-refractivity contribution < 1.29 is 27.2 Å². The van der Waals surface area contributed by atoms with Gasteiger partial charge < -0.3 is 24.8 Å². The Morgan fingerprint density at radius 2 is 2.09 bits per heavy atom. The van der Waals surface area contributed by atoms with E-state index < -0.39 is 11.7 Å². The summed E-state index contributed by atoms with van der Waals surface area (Å²) in [5.74, 6) is 0.0398. The van der Waals surface area contributed by atoms with Gasteiger partial charge >= 0.3 is 6.18 Å². The van der Waals surface area contributed by atoms with Crippen molar-refractivity contribution in [3.63, 3.8) is 0 Å². The highest BCUT2D eigenvalue weighted by atomic mass is 19.4. The average Bonchev–Trinajstić information content (AvgIpc) is 3.14. The number of rotatable bonds is 8. The molecule has 0 bridgehead atoms. The highest BCUT2D eigenvalue weighted by molar-refractivity contribution is 5.90. The number of carbonyl (C=O) groups excluding carboxylic acids is 1. The van der Waals surface area contributed by atoms with Crippen LogP contribution in [0.4, 0.5) is 19.0 Å². The number of nitrogens with zero attached hydrogens (tertiary/aromatic N) is 2. The first kappa shape index (κ1) is 24.3. The van der Waals surface area contributed by atoms with Gasteiger partial charge in [-0.1, -0.05) is 5.16 Å². The molecule has 10 heteroatoms. The number of halogens is 3. The molecule has 1 heterocycles. The molecular formula is C22H31F3N4O3. The Balaban J connectivity index is 1.61. The maximum absolute atomic E-state index is 13.0. The third-order valence-corrected chi connectivity index (χ3v) is 6.29. The van der Waals surface area contributed by atoms with E-state index in [2.05, 4.69) is 41.6 Å². The molecule has 0 spiro atoms. The lowest BCUT2D eigenvalue weighted by Crippen LogP contribution is -2.51. The van der Waals surface area contributed by atoms with E-state index in [1.54, 1.807) is 7.11 Å². The van der Waals surface area contributed by atoms with Gasteiger partial charge in [-0.05, 0) is 58.4 Å². The lowest BCUT2D eigenvalue weighted by molar-refractivity contribution is -0.137. The average molecular weight is 457 g/mol. The Kier molecular flexibility index (Phi) is 7.66. The van der Waals surface area contributed by atoms with Gasteiger partial charge in [0.2, 0.25) is 5.91 Å². The van der Waals surface area contributed by atoms with Crippen LogP contribution in [0, 0.1) is 5.92 Å². The van der Waals surface area contributed by atoms with Crippen molar-refractivity contribution in [3.8, 4) is 0 Å². The molecule has 1 aliphatic carbocycles. The number of fused-ring (bicyclic) bond motifs is 1. The van der Waals surface area contributed by atoms with Crippen LogP contribution in [0.3, 0.4) is 0 Å². The lowest BCUT2D eigenvalue weighted by atomic mass is 9.81. The minimum atomic E-state index is -4.47. The van der Waals surface area contributed by atoms with Crippen molar-refractivity contribution in [2.45, 2.75) is 57.4 Å². The van der Waals surface area contributed by atoms with E-state index in [9.17, 15) is 18.0 Å². The fourth-order valence-electron chi connectivity index (χ4n) is 4.28. The lowest BCUT2D eigenvalue weighted by Gasteiger charge is -2.41. The molecule has 3 rings (SSSR count). The Morgan fingerprint density at radius 1 is 1.34 bits per heavy atom. The fraction of sp³-hybridized carbons (Fsp3) is 0.636. The Bertz CT molecular complexity index is 915. The van der Waals surface area contributed by atoms with Crippen LogP contribution >= 0.6 is 0 Å². The minimum absolute atomic E-state index is 0.0213. The predicted octanol–water partition coefficient (Wildman–Crippen LogP) is 3.90. The molecule has 0 unspecified atom stereocenters. The Hall–Kier alpha value is -2.33. The molecule has 178 valence electrons. The zero-order valence-corrected chi connectivity index (χ0v) is 18.8. The first-order chi connectivity index (χ1) is 15.1. The molecule has 1 aromatic carbocycles. The molecule has 0 aliphatic heterocycles. The smallest absolute Gasteiger partial charge is 0.384 e. The first-order valence-corrected chi connectivity index (χ1v) is 10.8. The Morgan fingerprint density at radius 3 is 2.75 bits per heavy atom. The molecule has 1 saturated carbocycles. The van der Waals surface area contributed by atoms with Crippen LogP contribution in [0.15, 0.2) is 22.7 Å². The van der Waals surface area contributed by atoms with Gasteiger partial charge in [0.15, 0.2) is 11.4 Å². The molecule has 0 radical (unpaired) electrons. The van der Waals surface area contributed by atoms with Gasteiger partial charge in [0.05, 0.1) is 24.1 Å². The number of anilines is 1. The van der Waals surface area contributed by atoms with Crippen LogP contribution in [-0.4, -0.2) is 61.4 Å². The topological polar surface area (TPSA) is 79.6 Å². The van der Waals surface area contributed by atoms with Crippen molar-refractivity contribution in [2.75, 3.05) is 32.6 Å². The van der Waals surface area contributed by atoms with Crippen LogP contribution in [0.25, 0.3) is 11.0 Å². The van der Waals surface area contributed by atoms with Gasteiger partial charge in [-0.3, -0.25) is 4.79 Å². The van der Waals surface area contributed by atoms with Crippen molar-refractivity contribution in [3.05, 3.63) is 23.8 Å². The molecule has 2 aromatic rings. The summed E-state index contributed by atoms with van der Waals surface area (Å²) in [6.07, 6.45) is -1.74. The fourth-order valence-corrected chi connectivity index (χ4v) is 4.28. The molecule has 1 fully saturated rings. The van der Waals surface area contributed by atoms with Crippen molar-refractivity contribution in [2.24, 2.45) is 5.92 Å². The summed E-state index contributed by atoms with van der Waals surface area (Å²) in [5, 5.41) is 9.80. The van der Waals surface area contributed by atoms with E-state index in [1.807, 2.05) is 0 Å². The van der Waals surface area contributed by atoms with E-state index in [0.29, 0.717) is 18.7 Å². The van der Waals surface area contributed by atoms with Crippen molar-refractivity contribution in [1.29, 1.82) is 0 Å². The van der Waals surface area contributed by atoms with E-state index in [4.69, 9.17) is 9.26 Å². The van der Waals surface area contributed by atoms with Gasteiger partial charge in [-0.25, -0.2) is 0 Å². The summed E-state index contributed by atoms with van der Waals surface area (Å²) < 4.78 is 49.5. The second-order valence-corrected chi connectivity index (χ2v) is 8.71. The quantitative estimate of drug-likeness (QED) is 0.627. The molecule has 2 N–H and O–H groups in total. The molecule has 0 saturated heterocycles. The minimum Gasteiger partial charge on any atom is -0.384 e. The number of ether oxygens (including phenoxy) is 1. The van der Waals surface area contributed by atoms with E-state index >= 15 is 0 Å². The van der Waals surface area contributed by atoms with Gasteiger partial charge in [0.1, 0.15) is 0 Å². The molecule has 1 aliphatic rings. The highest BCUT2D eigenvalue weighted by Crippen LogP contribution is 2.33. The van der Waals surface area contributed by atoms with Gasteiger partial charge in [0, 0.05) is 31.2 Å². The number of methoxy groups -OCH3 is 1. The monoisotopic (exact) mass is 456 g/mol. The maximum Gasteiger partial charge on any atom is 0.416 e. The van der Waals surface area contributed by atoms with E-state index in [-0.39, 0.29) is 41.2 Å². The Labute approximate surface area is 185 Å². The van der Waals surface area contributed by atoms with E-state index in [0.717, 1.165) is 31.4 Å². The number of nitrogens with one attached hydrogen (secondary N) is 2. The normalized spacial score (nSPS) is 22.0. The zero-order chi connectivity index (χ0) is 23.5. The molecule has 32 heavy (non-hydrogen) atoms. The number of alkyl halides is 3. The number of benzene rings is 1. The third-order valence-electron chi connectivity index (χ3n) is 6.29. The van der Waals surface area contributed by atoms with Gasteiger partial charge in [-0.15, -0.1) is 0 Å². The van der Waals surface area contributed by atoms with Crippen LogP contribution in [0.5, 0.6) is 0 Å². The second-order valence-electron chi connectivity index (χ2n) is 8.71. The standard InChI is InChI=1S/C22H31F3N4O3/c1-13(2)29(3)16-6-7-18(14(9-16)12-31-4)27-20(30)11-26-21-17-10-15(22(23,24)25)5-8-19(17)32-28-21/h5,8,10,13-14,16,18H,6-7,9,11-12H2,1-4H3,(H,26,28)(H,27,30)/t14-,16+,18-/m0/s1. The summed E-state index contributed by atoms with van der Waals surface area (Å²) in [7, 11) is 3.77. The molecule has 1 amide bonds. The number of aromatic nitrogens is 1. The van der Waals surface area contributed by atoms with Crippen LogP contribution < -0.4 is 10.6 Å². The van der Waals surface area contributed by atoms with Crippen LogP contribution in [0.1, 0.15) is 38.7 Å². The van der Waals surface area contributed by atoms with Crippen molar-refractivity contribution >= 4 is 22.7 Å². The molecule has 7 nitrogen and oxygen atoms in total. The van der Waals surface area contributed by atoms with Crippen LogP contribution in [0.2, 0.25) is 0 Å². The number of amides is 1.